The van der Waals surface area contributed by atoms with E-state index in [9.17, 15) is 9.90 Å². The summed E-state index contributed by atoms with van der Waals surface area (Å²) >= 11 is 0. The normalized spacial score (nSPS) is 27.4. The number of aliphatic hydroxyl groups excluding tert-OH is 2. The first kappa shape index (κ1) is 12.9. The predicted octanol–water partition coefficient (Wildman–Crippen LogP) is -1.40. The van der Waals surface area contributed by atoms with E-state index in [-0.39, 0.29) is 19.0 Å². The molecular weight excluding hydrogens is 242 g/mol. The van der Waals surface area contributed by atoms with E-state index in [0.717, 1.165) is 0 Å². The summed E-state index contributed by atoms with van der Waals surface area (Å²) < 4.78 is 11.4. The summed E-state index contributed by atoms with van der Waals surface area (Å²) in [5.74, 6) is 0.377. The van der Waals surface area contributed by atoms with E-state index < -0.39 is 24.1 Å². The van der Waals surface area contributed by atoms with Crippen molar-refractivity contribution in [3.05, 3.63) is 16.3 Å². The van der Waals surface area contributed by atoms with E-state index in [2.05, 4.69) is 9.97 Å². The molecule has 0 radical (unpaired) electrons. The fourth-order valence-electron chi connectivity index (χ4n) is 1.95. The minimum atomic E-state index is -0.812. The predicted molar refractivity (Wildman–Crippen MR) is 59.2 cm³/mol. The Morgan fingerprint density at radius 2 is 2.28 bits per heavy atom. The summed E-state index contributed by atoms with van der Waals surface area (Å²) in [4.78, 5) is 19.4. The molecule has 2 N–H and O–H groups in total. The molecule has 1 aliphatic rings. The Balaban J connectivity index is 2.33. The second kappa shape index (κ2) is 5.01. The maximum atomic E-state index is 11.8. The Bertz CT molecular complexity index is 489. The Labute approximate surface area is 103 Å². The Morgan fingerprint density at radius 3 is 2.78 bits per heavy atom. The lowest BCUT2D eigenvalue weighted by molar-refractivity contribution is -0.0470. The lowest BCUT2D eigenvalue weighted by atomic mass is 10.2. The van der Waals surface area contributed by atoms with Gasteiger partial charge < -0.3 is 19.7 Å². The topological polar surface area (TPSA) is 107 Å². The first-order valence-electron chi connectivity index (χ1n) is 5.52. The molecule has 0 unspecified atom stereocenters. The van der Waals surface area contributed by atoms with Crippen LogP contribution in [0.4, 0.5) is 0 Å². The molecule has 100 valence electrons. The van der Waals surface area contributed by atoms with Gasteiger partial charge in [0.1, 0.15) is 18.2 Å². The molecule has 1 aromatic rings. The Hall–Kier alpha value is -1.51. The fraction of sp³-hybridized carbons (Fsp3) is 0.700. The van der Waals surface area contributed by atoms with Crippen molar-refractivity contribution in [1.29, 1.82) is 0 Å². The molecule has 18 heavy (non-hydrogen) atoms. The largest absolute Gasteiger partial charge is 0.467 e. The van der Waals surface area contributed by atoms with Crippen molar-refractivity contribution in [3.63, 3.8) is 0 Å². The Morgan fingerprint density at radius 1 is 1.56 bits per heavy atom. The highest BCUT2D eigenvalue weighted by molar-refractivity contribution is 4.98. The number of methoxy groups -OCH3 is 1. The number of rotatable bonds is 3. The maximum absolute atomic E-state index is 11.8. The number of hydrogen-bond acceptors (Lipinski definition) is 7. The van der Waals surface area contributed by atoms with E-state index in [0.29, 0.717) is 5.82 Å². The third-order valence-corrected chi connectivity index (χ3v) is 2.86. The minimum Gasteiger partial charge on any atom is -0.467 e. The van der Waals surface area contributed by atoms with Crippen molar-refractivity contribution >= 4 is 0 Å². The number of ether oxygens (including phenoxy) is 2. The average molecular weight is 257 g/mol. The van der Waals surface area contributed by atoms with Crippen LogP contribution >= 0.6 is 0 Å². The first-order valence-corrected chi connectivity index (χ1v) is 5.52. The second-order valence-electron chi connectivity index (χ2n) is 4.02. The van der Waals surface area contributed by atoms with Crippen LogP contribution < -0.4 is 10.4 Å². The number of aromatic nitrogens is 3. The van der Waals surface area contributed by atoms with Crippen LogP contribution in [-0.4, -0.2) is 50.7 Å². The fourth-order valence-corrected chi connectivity index (χ4v) is 1.95. The van der Waals surface area contributed by atoms with Crippen molar-refractivity contribution in [2.45, 2.75) is 31.8 Å². The van der Waals surface area contributed by atoms with Gasteiger partial charge in [0.05, 0.1) is 19.8 Å². The van der Waals surface area contributed by atoms with Crippen LogP contribution in [0.15, 0.2) is 4.79 Å². The molecule has 3 atom stereocenters. The molecule has 0 bridgehead atoms. The van der Waals surface area contributed by atoms with Gasteiger partial charge in [0, 0.05) is 6.42 Å². The van der Waals surface area contributed by atoms with Crippen LogP contribution in [0.2, 0.25) is 0 Å². The van der Waals surface area contributed by atoms with Crippen molar-refractivity contribution < 1.29 is 19.7 Å². The summed E-state index contributed by atoms with van der Waals surface area (Å²) in [6, 6.07) is -0.00833. The quantitative estimate of drug-likeness (QED) is 0.685. The van der Waals surface area contributed by atoms with E-state index in [4.69, 9.17) is 14.6 Å². The summed E-state index contributed by atoms with van der Waals surface area (Å²) in [6.07, 6.45) is -1.96. The molecule has 8 heteroatoms. The zero-order chi connectivity index (χ0) is 13.3. The van der Waals surface area contributed by atoms with Crippen molar-refractivity contribution in [3.8, 4) is 6.01 Å². The number of hydrogen-bond donors (Lipinski definition) is 2. The summed E-state index contributed by atoms with van der Waals surface area (Å²) in [5, 5.41) is 18.6. The third kappa shape index (κ3) is 2.22. The van der Waals surface area contributed by atoms with Gasteiger partial charge in [-0.1, -0.05) is 0 Å². The van der Waals surface area contributed by atoms with E-state index in [1.807, 2.05) is 0 Å². The van der Waals surface area contributed by atoms with Crippen molar-refractivity contribution in [1.82, 2.24) is 14.5 Å². The third-order valence-electron chi connectivity index (χ3n) is 2.86. The number of nitrogens with zero attached hydrogens (tertiary/aromatic N) is 3. The Kier molecular flexibility index (Phi) is 3.60. The molecule has 0 amide bonds. The number of aryl methyl sites for hydroxylation is 1. The highest BCUT2D eigenvalue weighted by Gasteiger charge is 2.35. The molecule has 1 saturated heterocycles. The lowest BCUT2D eigenvalue weighted by Gasteiger charge is -2.16. The van der Waals surface area contributed by atoms with Crippen LogP contribution in [-0.2, 0) is 4.74 Å². The summed E-state index contributed by atoms with van der Waals surface area (Å²) in [5.41, 5.74) is -0.560. The van der Waals surface area contributed by atoms with Crippen molar-refractivity contribution in [2.24, 2.45) is 0 Å². The summed E-state index contributed by atoms with van der Waals surface area (Å²) in [6.45, 7) is 1.32. The molecule has 1 aromatic heterocycles. The standard InChI is InChI=1S/C10H15N3O5/c1-5-11-9(17-2)12-10(16)13(5)8-3-6(15)7(4-14)18-8/h6-8,14-15H,3-4H2,1-2H3/t6-,7+,8+/m0/s1. The highest BCUT2D eigenvalue weighted by Crippen LogP contribution is 2.27. The van der Waals surface area contributed by atoms with Crippen molar-refractivity contribution in [2.75, 3.05) is 13.7 Å². The molecule has 8 nitrogen and oxygen atoms in total. The van der Waals surface area contributed by atoms with Crippen LogP contribution in [0.3, 0.4) is 0 Å². The molecule has 0 aliphatic carbocycles. The summed E-state index contributed by atoms with van der Waals surface area (Å²) in [7, 11) is 1.37. The SMILES string of the molecule is COc1nc(C)n([C@H]2C[C@H](O)[C@@H](CO)O2)c(=O)n1. The second-order valence-corrected chi connectivity index (χ2v) is 4.02. The zero-order valence-electron chi connectivity index (χ0n) is 10.1. The molecule has 1 fully saturated rings. The van der Waals surface area contributed by atoms with Crippen LogP contribution in [0.5, 0.6) is 6.01 Å². The van der Waals surface area contributed by atoms with Crippen LogP contribution in [0.25, 0.3) is 0 Å². The molecule has 2 heterocycles. The molecular formula is C10H15N3O5. The first-order chi connectivity index (χ1) is 8.56. The maximum Gasteiger partial charge on any atom is 0.355 e. The van der Waals surface area contributed by atoms with Gasteiger partial charge in [-0.05, 0) is 6.92 Å². The van der Waals surface area contributed by atoms with E-state index in [1.165, 1.54) is 11.7 Å². The van der Waals surface area contributed by atoms with Gasteiger partial charge in [0.15, 0.2) is 0 Å². The smallest absolute Gasteiger partial charge is 0.355 e. The van der Waals surface area contributed by atoms with Gasteiger partial charge in [-0.3, -0.25) is 4.57 Å². The van der Waals surface area contributed by atoms with Gasteiger partial charge in [-0.15, -0.1) is 4.98 Å². The zero-order valence-corrected chi connectivity index (χ0v) is 10.1. The lowest BCUT2D eigenvalue weighted by Crippen LogP contribution is -2.31. The van der Waals surface area contributed by atoms with Crippen LogP contribution in [0.1, 0.15) is 18.5 Å². The van der Waals surface area contributed by atoms with Gasteiger partial charge in [-0.2, -0.15) is 4.98 Å². The highest BCUT2D eigenvalue weighted by atomic mass is 16.5. The van der Waals surface area contributed by atoms with Gasteiger partial charge in [-0.25, -0.2) is 4.79 Å². The number of aliphatic hydroxyl groups is 2. The van der Waals surface area contributed by atoms with Gasteiger partial charge in [0.25, 0.3) is 0 Å². The molecule has 1 aliphatic heterocycles. The molecule has 0 spiro atoms. The van der Waals surface area contributed by atoms with Gasteiger partial charge in [0.2, 0.25) is 0 Å². The van der Waals surface area contributed by atoms with Gasteiger partial charge >= 0.3 is 11.7 Å². The molecule has 0 aromatic carbocycles. The van der Waals surface area contributed by atoms with E-state index >= 15 is 0 Å². The monoisotopic (exact) mass is 257 g/mol. The molecule has 2 rings (SSSR count). The average Bonchev–Trinajstić information content (AvgIpc) is 2.69. The minimum absolute atomic E-state index is 0.00833. The van der Waals surface area contributed by atoms with E-state index in [1.54, 1.807) is 6.92 Å². The molecule has 0 saturated carbocycles. The van der Waals surface area contributed by atoms with Crippen LogP contribution in [0, 0.1) is 6.92 Å².